The average molecular weight is 296 g/mol. The molecule has 0 bridgehead atoms. The van der Waals surface area contributed by atoms with E-state index in [0.29, 0.717) is 23.2 Å². The summed E-state index contributed by atoms with van der Waals surface area (Å²) in [7, 11) is 0. The number of carbonyl (C=O) groups excluding carboxylic acids is 2. The van der Waals surface area contributed by atoms with Gasteiger partial charge in [-0.2, -0.15) is 0 Å². The Morgan fingerprint density at radius 2 is 2.05 bits per heavy atom. The van der Waals surface area contributed by atoms with E-state index in [2.05, 4.69) is 10.6 Å². The molecule has 1 fully saturated rings. The molecule has 0 aliphatic carbocycles. The minimum Gasteiger partial charge on any atom is -0.343 e. The highest BCUT2D eigenvalue weighted by Gasteiger charge is 2.24. The van der Waals surface area contributed by atoms with Crippen molar-refractivity contribution in [1.29, 1.82) is 0 Å². The van der Waals surface area contributed by atoms with E-state index in [1.165, 1.54) is 0 Å². The van der Waals surface area contributed by atoms with Gasteiger partial charge in [-0.15, -0.1) is 0 Å². The zero-order valence-corrected chi connectivity index (χ0v) is 12.1. The third-order valence-electron chi connectivity index (χ3n) is 3.38. The maximum Gasteiger partial charge on any atom is 0.319 e. The fourth-order valence-corrected chi connectivity index (χ4v) is 2.36. The van der Waals surface area contributed by atoms with Gasteiger partial charge in [0.05, 0.1) is 0 Å². The van der Waals surface area contributed by atoms with E-state index in [0.717, 1.165) is 19.5 Å². The van der Waals surface area contributed by atoms with Crippen molar-refractivity contribution >= 4 is 29.2 Å². The molecule has 1 saturated heterocycles. The molecule has 1 atom stereocenters. The molecule has 0 aromatic heterocycles. The van der Waals surface area contributed by atoms with Crippen LogP contribution in [0.3, 0.4) is 0 Å². The Bertz CT molecular complexity index is 490. The lowest BCUT2D eigenvalue weighted by Gasteiger charge is -2.14. The van der Waals surface area contributed by atoms with Crippen LogP contribution in [0.1, 0.15) is 13.3 Å². The van der Waals surface area contributed by atoms with Gasteiger partial charge >= 0.3 is 6.03 Å². The molecule has 1 unspecified atom stereocenters. The van der Waals surface area contributed by atoms with Crippen LogP contribution in [0.4, 0.5) is 10.5 Å². The molecule has 1 heterocycles. The summed E-state index contributed by atoms with van der Waals surface area (Å²) in [6.07, 6.45) is 0.931. The van der Waals surface area contributed by atoms with Crippen molar-refractivity contribution in [3.63, 3.8) is 0 Å². The van der Waals surface area contributed by atoms with Crippen LogP contribution >= 0.6 is 11.6 Å². The lowest BCUT2D eigenvalue weighted by Crippen LogP contribution is -2.34. The fraction of sp³-hybridized carbons (Fsp3) is 0.429. The van der Waals surface area contributed by atoms with E-state index in [1.807, 2.05) is 4.90 Å². The summed E-state index contributed by atoms with van der Waals surface area (Å²) in [6.45, 7) is 3.64. The third-order valence-corrected chi connectivity index (χ3v) is 3.64. The monoisotopic (exact) mass is 295 g/mol. The third kappa shape index (κ3) is 4.13. The van der Waals surface area contributed by atoms with Crippen LogP contribution < -0.4 is 10.6 Å². The molecule has 6 heteroatoms. The van der Waals surface area contributed by atoms with Gasteiger partial charge in [-0.3, -0.25) is 4.79 Å². The topological polar surface area (TPSA) is 61.4 Å². The summed E-state index contributed by atoms with van der Waals surface area (Å²) in [5, 5.41) is 6.19. The molecule has 0 radical (unpaired) electrons. The molecular weight excluding hydrogens is 278 g/mol. The Morgan fingerprint density at radius 3 is 2.65 bits per heavy atom. The highest BCUT2D eigenvalue weighted by Crippen LogP contribution is 2.16. The van der Waals surface area contributed by atoms with Gasteiger partial charge in [-0.25, -0.2) is 4.79 Å². The van der Waals surface area contributed by atoms with Gasteiger partial charge in [0.15, 0.2) is 0 Å². The first-order valence-corrected chi connectivity index (χ1v) is 6.98. The highest BCUT2D eigenvalue weighted by molar-refractivity contribution is 6.30. The van der Waals surface area contributed by atoms with Gasteiger partial charge in [0.1, 0.15) is 0 Å². The van der Waals surface area contributed by atoms with Crippen molar-refractivity contribution < 1.29 is 9.59 Å². The Hall–Kier alpha value is -1.75. The molecule has 1 aliphatic heterocycles. The first-order chi connectivity index (χ1) is 9.54. The van der Waals surface area contributed by atoms with Crippen LogP contribution in [-0.2, 0) is 4.79 Å². The van der Waals surface area contributed by atoms with Gasteiger partial charge < -0.3 is 15.5 Å². The Labute approximate surface area is 123 Å². The largest absolute Gasteiger partial charge is 0.343 e. The van der Waals surface area contributed by atoms with Crippen molar-refractivity contribution in [2.45, 2.75) is 13.3 Å². The average Bonchev–Trinajstić information content (AvgIpc) is 2.88. The Kier molecular flexibility index (Phi) is 4.84. The normalized spacial score (nSPS) is 17.9. The first kappa shape index (κ1) is 14.7. The van der Waals surface area contributed by atoms with Crippen LogP contribution in [0.25, 0.3) is 0 Å². The van der Waals surface area contributed by atoms with Gasteiger partial charge in [0.25, 0.3) is 0 Å². The molecule has 5 nitrogen and oxygen atoms in total. The Morgan fingerprint density at radius 1 is 1.35 bits per heavy atom. The van der Waals surface area contributed by atoms with E-state index >= 15 is 0 Å². The number of anilines is 1. The number of hydrogen-bond donors (Lipinski definition) is 2. The van der Waals surface area contributed by atoms with E-state index < -0.39 is 0 Å². The molecule has 2 N–H and O–H groups in total. The second kappa shape index (κ2) is 6.61. The molecule has 1 aliphatic rings. The quantitative estimate of drug-likeness (QED) is 0.899. The van der Waals surface area contributed by atoms with Crippen molar-refractivity contribution in [3.05, 3.63) is 29.3 Å². The highest BCUT2D eigenvalue weighted by atomic mass is 35.5. The van der Waals surface area contributed by atoms with Gasteiger partial charge in [0.2, 0.25) is 5.91 Å². The minimum absolute atomic E-state index is 0.0955. The van der Waals surface area contributed by atoms with E-state index in [9.17, 15) is 9.59 Å². The van der Waals surface area contributed by atoms with Crippen LogP contribution in [0.5, 0.6) is 0 Å². The number of hydrogen-bond acceptors (Lipinski definition) is 2. The first-order valence-electron chi connectivity index (χ1n) is 6.60. The molecule has 108 valence electrons. The summed E-state index contributed by atoms with van der Waals surface area (Å²) in [6, 6.07) is 6.69. The fourth-order valence-electron chi connectivity index (χ4n) is 2.23. The number of nitrogens with zero attached hydrogens (tertiary/aromatic N) is 1. The number of likely N-dealkylation sites (tertiary alicyclic amines) is 1. The zero-order chi connectivity index (χ0) is 14.5. The molecule has 1 aromatic rings. The van der Waals surface area contributed by atoms with Crippen molar-refractivity contribution in [1.82, 2.24) is 10.2 Å². The van der Waals surface area contributed by atoms with Gasteiger partial charge in [-0.1, -0.05) is 11.6 Å². The van der Waals surface area contributed by atoms with Crippen molar-refractivity contribution in [2.24, 2.45) is 5.92 Å². The number of halogens is 1. The van der Waals surface area contributed by atoms with Gasteiger partial charge in [-0.05, 0) is 36.6 Å². The van der Waals surface area contributed by atoms with Crippen molar-refractivity contribution in [2.75, 3.05) is 25.0 Å². The Balaban J connectivity index is 1.73. The molecule has 2 rings (SSSR count). The second-order valence-electron chi connectivity index (χ2n) is 4.96. The summed E-state index contributed by atoms with van der Waals surface area (Å²) in [4.78, 5) is 24.8. The predicted octanol–water partition coefficient (Wildman–Crippen LogP) is 2.33. The molecule has 3 amide bonds. The number of nitrogens with one attached hydrogen (secondary N) is 2. The number of benzene rings is 1. The summed E-state index contributed by atoms with van der Waals surface area (Å²) >= 11 is 5.77. The van der Waals surface area contributed by atoms with Crippen LogP contribution in [0.15, 0.2) is 24.3 Å². The lowest BCUT2D eigenvalue weighted by molar-refractivity contribution is -0.127. The zero-order valence-electron chi connectivity index (χ0n) is 11.4. The molecule has 20 heavy (non-hydrogen) atoms. The number of urea groups is 1. The maximum atomic E-state index is 11.7. The van der Waals surface area contributed by atoms with Crippen LogP contribution in [0.2, 0.25) is 5.02 Å². The van der Waals surface area contributed by atoms with Gasteiger partial charge in [0, 0.05) is 37.3 Å². The molecule has 1 aromatic carbocycles. The summed E-state index contributed by atoms with van der Waals surface area (Å²) < 4.78 is 0. The van der Waals surface area contributed by atoms with Crippen molar-refractivity contribution in [3.8, 4) is 0 Å². The van der Waals surface area contributed by atoms with E-state index in [-0.39, 0.29) is 11.9 Å². The smallest absolute Gasteiger partial charge is 0.319 e. The maximum absolute atomic E-state index is 11.7. The molecule has 0 spiro atoms. The standard InChI is InChI=1S/C14H18ClN3O2/c1-10(19)18-7-6-11(9-18)8-16-14(20)17-13-4-2-12(15)3-5-13/h2-5,11H,6-9H2,1H3,(H2,16,17,20). The van der Waals surface area contributed by atoms with E-state index in [4.69, 9.17) is 11.6 Å². The summed E-state index contributed by atoms with van der Waals surface area (Å²) in [5.74, 6) is 0.424. The number of rotatable bonds is 3. The van der Waals surface area contributed by atoms with Crippen LogP contribution in [0, 0.1) is 5.92 Å². The second-order valence-corrected chi connectivity index (χ2v) is 5.40. The van der Waals surface area contributed by atoms with E-state index in [1.54, 1.807) is 31.2 Å². The van der Waals surface area contributed by atoms with Crippen LogP contribution in [-0.4, -0.2) is 36.5 Å². The lowest BCUT2D eigenvalue weighted by atomic mass is 10.1. The molecular formula is C14H18ClN3O2. The SMILES string of the molecule is CC(=O)N1CCC(CNC(=O)Nc2ccc(Cl)cc2)C1. The number of amides is 3. The summed E-state index contributed by atoms with van der Waals surface area (Å²) in [5.41, 5.74) is 0.698. The predicted molar refractivity (Wildman–Crippen MR) is 78.8 cm³/mol. The minimum atomic E-state index is -0.242. The molecule has 0 saturated carbocycles. The number of carbonyl (C=O) groups is 2.